The number of amides is 2. The molecule has 2 amide bonds. The molecule has 4 rings (SSSR count). The molecule has 2 aliphatic rings. The zero-order chi connectivity index (χ0) is 22.0. The summed E-state index contributed by atoms with van der Waals surface area (Å²) in [4.78, 5) is 16.9. The minimum atomic E-state index is -3.80. The molecule has 2 aromatic rings. The molecule has 0 unspecified atom stereocenters. The van der Waals surface area contributed by atoms with E-state index in [1.807, 2.05) is 19.1 Å². The van der Waals surface area contributed by atoms with Crippen LogP contribution >= 0.6 is 0 Å². The quantitative estimate of drug-likeness (QED) is 0.722. The zero-order valence-corrected chi connectivity index (χ0v) is 18.5. The second kappa shape index (κ2) is 8.86. The number of morpholine rings is 1. The fraction of sp³-hybridized carbons (Fsp3) is 0.409. The van der Waals surface area contributed by atoms with Crippen molar-refractivity contribution in [3.63, 3.8) is 0 Å². The van der Waals surface area contributed by atoms with Gasteiger partial charge in [0, 0.05) is 26.2 Å². The van der Waals surface area contributed by atoms with Gasteiger partial charge >= 0.3 is 6.03 Å². The van der Waals surface area contributed by atoms with E-state index in [0.29, 0.717) is 38.6 Å². The van der Waals surface area contributed by atoms with Crippen molar-refractivity contribution in [2.24, 2.45) is 0 Å². The average Bonchev–Trinajstić information content (AvgIpc) is 3.25. The van der Waals surface area contributed by atoms with Gasteiger partial charge in [-0.2, -0.15) is 4.31 Å². The van der Waals surface area contributed by atoms with Crippen molar-refractivity contribution in [3.05, 3.63) is 59.7 Å². The van der Waals surface area contributed by atoms with E-state index < -0.39 is 16.2 Å². The first-order chi connectivity index (χ1) is 14.9. The number of carbonyl (C=O) groups excluding carboxylic acids is 1. The lowest BCUT2D eigenvalue weighted by Crippen LogP contribution is -2.49. The van der Waals surface area contributed by atoms with Gasteiger partial charge < -0.3 is 19.3 Å². The van der Waals surface area contributed by atoms with Gasteiger partial charge in [0.2, 0.25) is 10.0 Å². The molecule has 0 aliphatic carbocycles. The molecule has 8 nitrogen and oxygen atoms in total. The van der Waals surface area contributed by atoms with Crippen LogP contribution in [0.25, 0.3) is 0 Å². The predicted molar refractivity (Wildman–Crippen MR) is 115 cm³/mol. The van der Waals surface area contributed by atoms with Crippen molar-refractivity contribution in [1.82, 2.24) is 14.1 Å². The Kier molecular flexibility index (Phi) is 6.17. The van der Waals surface area contributed by atoms with E-state index in [2.05, 4.69) is 0 Å². The van der Waals surface area contributed by atoms with Crippen LogP contribution in [0.15, 0.2) is 53.4 Å². The van der Waals surface area contributed by atoms with Crippen LogP contribution in [-0.2, 0) is 14.8 Å². The number of hydrogen-bond donors (Lipinski definition) is 0. The monoisotopic (exact) mass is 445 g/mol. The van der Waals surface area contributed by atoms with Crippen LogP contribution in [0.3, 0.4) is 0 Å². The Morgan fingerprint density at radius 2 is 1.61 bits per heavy atom. The number of aryl methyl sites for hydroxylation is 1. The van der Waals surface area contributed by atoms with Crippen LogP contribution in [-0.4, -0.2) is 75.1 Å². The molecular formula is C22H27N3O5S. The fourth-order valence-electron chi connectivity index (χ4n) is 3.96. The molecular weight excluding hydrogens is 418 g/mol. The molecule has 2 saturated heterocycles. The molecule has 9 heteroatoms. The van der Waals surface area contributed by atoms with Crippen molar-refractivity contribution in [2.45, 2.75) is 18.0 Å². The number of methoxy groups -OCH3 is 1. The van der Waals surface area contributed by atoms with Crippen molar-refractivity contribution < 1.29 is 22.7 Å². The molecule has 2 aliphatic heterocycles. The summed E-state index contributed by atoms with van der Waals surface area (Å²) in [7, 11) is -2.22. The predicted octanol–water partition coefficient (Wildman–Crippen LogP) is 2.46. The third kappa shape index (κ3) is 4.26. The Balaban J connectivity index is 1.71. The van der Waals surface area contributed by atoms with Crippen molar-refractivity contribution in [1.29, 1.82) is 0 Å². The first-order valence-electron chi connectivity index (χ1n) is 10.3. The van der Waals surface area contributed by atoms with Gasteiger partial charge in [0.1, 0.15) is 11.9 Å². The van der Waals surface area contributed by atoms with Crippen molar-refractivity contribution >= 4 is 16.1 Å². The van der Waals surface area contributed by atoms with Gasteiger partial charge in [0.05, 0.1) is 25.2 Å². The molecule has 1 atom stereocenters. The van der Waals surface area contributed by atoms with E-state index in [1.165, 1.54) is 4.31 Å². The van der Waals surface area contributed by atoms with Crippen LogP contribution in [0.5, 0.6) is 5.75 Å². The number of rotatable bonds is 4. The highest BCUT2D eigenvalue weighted by atomic mass is 32.2. The van der Waals surface area contributed by atoms with E-state index in [-0.39, 0.29) is 17.5 Å². The largest absolute Gasteiger partial charge is 0.497 e. The van der Waals surface area contributed by atoms with Crippen LogP contribution in [0, 0.1) is 6.92 Å². The summed E-state index contributed by atoms with van der Waals surface area (Å²) >= 11 is 0. The summed E-state index contributed by atoms with van der Waals surface area (Å²) in [6, 6.07) is 13.8. The Morgan fingerprint density at radius 1 is 0.968 bits per heavy atom. The molecule has 31 heavy (non-hydrogen) atoms. The molecule has 2 heterocycles. The van der Waals surface area contributed by atoms with Gasteiger partial charge in [-0.3, -0.25) is 0 Å². The number of hydrogen-bond acceptors (Lipinski definition) is 5. The number of sulfonamides is 1. The van der Waals surface area contributed by atoms with Gasteiger partial charge in [-0.05, 0) is 36.8 Å². The maximum absolute atomic E-state index is 13.5. The summed E-state index contributed by atoms with van der Waals surface area (Å²) in [6.45, 7) is 4.41. The van der Waals surface area contributed by atoms with Crippen molar-refractivity contribution in [3.8, 4) is 5.75 Å². The van der Waals surface area contributed by atoms with Crippen molar-refractivity contribution in [2.75, 3.05) is 46.5 Å². The summed E-state index contributed by atoms with van der Waals surface area (Å²) < 4.78 is 39.1. The summed E-state index contributed by atoms with van der Waals surface area (Å²) in [5.41, 5.74) is 1.70. The van der Waals surface area contributed by atoms with Crippen LogP contribution < -0.4 is 4.74 Å². The molecule has 0 aromatic heterocycles. The molecule has 0 spiro atoms. The lowest BCUT2D eigenvalue weighted by molar-refractivity contribution is 0.0400. The maximum Gasteiger partial charge on any atom is 0.321 e. The van der Waals surface area contributed by atoms with E-state index in [9.17, 15) is 13.2 Å². The topological polar surface area (TPSA) is 79.4 Å². The maximum atomic E-state index is 13.5. The van der Waals surface area contributed by atoms with E-state index >= 15 is 0 Å². The number of benzene rings is 2. The van der Waals surface area contributed by atoms with Crippen LogP contribution in [0.2, 0.25) is 0 Å². The lowest BCUT2D eigenvalue weighted by atomic mass is 10.1. The molecule has 166 valence electrons. The molecule has 2 fully saturated rings. The lowest BCUT2D eigenvalue weighted by Gasteiger charge is -2.35. The fourth-order valence-corrected chi connectivity index (χ4v) is 5.53. The highest BCUT2D eigenvalue weighted by Crippen LogP contribution is 2.36. The van der Waals surface area contributed by atoms with Gasteiger partial charge in [0.25, 0.3) is 0 Å². The Bertz CT molecular complexity index is 1020. The number of ether oxygens (including phenoxy) is 2. The number of nitrogens with zero attached hydrogens (tertiary/aromatic N) is 3. The second-order valence-corrected chi connectivity index (χ2v) is 9.54. The molecule has 0 saturated carbocycles. The van der Waals surface area contributed by atoms with Crippen LogP contribution in [0.4, 0.5) is 4.79 Å². The van der Waals surface area contributed by atoms with E-state index in [0.717, 1.165) is 11.1 Å². The normalized spacial score (nSPS) is 20.1. The smallest absolute Gasteiger partial charge is 0.321 e. The Hall–Kier alpha value is -2.62. The standard InChI is InChI=1S/C22H27N3O5S/c1-17-3-9-20(10-4-17)31(27,28)25-12-11-24(22(26)23-13-15-30-16-14-23)21(25)18-5-7-19(29-2)8-6-18/h3-10,21H,11-16H2,1-2H3/t21-/m1/s1. The number of urea groups is 1. The third-order valence-electron chi connectivity index (χ3n) is 5.70. The van der Waals surface area contributed by atoms with Crippen LogP contribution in [0.1, 0.15) is 17.3 Å². The van der Waals surface area contributed by atoms with Gasteiger partial charge in [-0.15, -0.1) is 0 Å². The Morgan fingerprint density at radius 3 is 2.23 bits per heavy atom. The zero-order valence-electron chi connectivity index (χ0n) is 17.7. The van der Waals surface area contributed by atoms with Gasteiger partial charge in [-0.25, -0.2) is 13.2 Å². The molecule has 0 radical (unpaired) electrons. The van der Waals surface area contributed by atoms with E-state index in [1.54, 1.807) is 53.3 Å². The highest BCUT2D eigenvalue weighted by Gasteiger charge is 2.44. The minimum Gasteiger partial charge on any atom is -0.497 e. The van der Waals surface area contributed by atoms with E-state index in [4.69, 9.17) is 9.47 Å². The summed E-state index contributed by atoms with van der Waals surface area (Å²) in [5.74, 6) is 0.667. The third-order valence-corrected chi connectivity index (χ3v) is 7.57. The summed E-state index contributed by atoms with van der Waals surface area (Å²) in [6.07, 6.45) is -0.729. The first-order valence-corrected chi connectivity index (χ1v) is 11.7. The first kappa shape index (κ1) is 21.6. The second-order valence-electron chi connectivity index (χ2n) is 7.65. The Labute approximate surface area is 183 Å². The minimum absolute atomic E-state index is 0.175. The SMILES string of the molecule is COc1ccc([C@@H]2N(C(=O)N3CCOCC3)CCN2S(=O)(=O)c2ccc(C)cc2)cc1. The average molecular weight is 446 g/mol. The summed E-state index contributed by atoms with van der Waals surface area (Å²) in [5, 5.41) is 0. The van der Waals surface area contributed by atoms with Gasteiger partial charge in [-0.1, -0.05) is 29.8 Å². The number of carbonyl (C=O) groups is 1. The molecule has 0 bridgehead atoms. The highest BCUT2D eigenvalue weighted by molar-refractivity contribution is 7.89. The molecule has 2 aromatic carbocycles. The molecule has 0 N–H and O–H groups in total. The van der Waals surface area contributed by atoms with Gasteiger partial charge in [0.15, 0.2) is 0 Å².